The van der Waals surface area contributed by atoms with Gasteiger partial charge in [0.05, 0.1) is 11.6 Å². The Kier molecular flexibility index (Phi) is 7.84. The molecule has 0 saturated heterocycles. The van der Waals surface area contributed by atoms with Crippen molar-refractivity contribution >= 4 is 0 Å². The second kappa shape index (κ2) is 13.0. The molecular weight excluding hydrogens is 657 g/mol. The van der Waals surface area contributed by atoms with Gasteiger partial charge < -0.3 is 0 Å². The van der Waals surface area contributed by atoms with E-state index in [0.29, 0.717) is 23.0 Å². The largest absolute Gasteiger partial charge is 0.208 e. The van der Waals surface area contributed by atoms with Gasteiger partial charge in [-0.2, -0.15) is 5.26 Å². The van der Waals surface area contributed by atoms with E-state index in [9.17, 15) is 5.26 Å². The summed E-state index contributed by atoms with van der Waals surface area (Å²) in [5.74, 6) is 3.58. The minimum atomic E-state index is 0.234. The average molecular weight is 697 g/mol. The van der Waals surface area contributed by atoms with Crippen LogP contribution < -0.4 is 0 Å². The number of rotatable bonds is 7. The van der Waals surface area contributed by atoms with Crippen LogP contribution in [0.2, 0.25) is 0 Å². The summed E-state index contributed by atoms with van der Waals surface area (Å²) in [4.78, 5) is 14.7. The lowest BCUT2D eigenvalue weighted by Gasteiger charge is -2.63. The molecule has 4 aliphatic rings. The van der Waals surface area contributed by atoms with E-state index >= 15 is 0 Å². The van der Waals surface area contributed by atoms with Gasteiger partial charge in [0.25, 0.3) is 0 Å². The van der Waals surface area contributed by atoms with E-state index in [4.69, 9.17) is 15.0 Å². The summed E-state index contributed by atoms with van der Waals surface area (Å²) >= 11 is 0. The number of aromatic nitrogens is 3. The van der Waals surface area contributed by atoms with Crippen LogP contribution in [0.25, 0.3) is 56.4 Å². The first-order chi connectivity index (χ1) is 26.5. The molecule has 4 heteroatoms. The Labute approximate surface area is 317 Å². The summed E-state index contributed by atoms with van der Waals surface area (Å²) < 4.78 is 0. The summed E-state index contributed by atoms with van der Waals surface area (Å²) in [5, 5.41) is 9.41. The van der Waals surface area contributed by atoms with E-state index in [-0.39, 0.29) is 10.8 Å². The van der Waals surface area contributed by atoms with Crippen molar-refractivity contribution in [1.29, 1.82) is 5.26 Å². The van der Waals surface area contributed by atoms with Crippen molar-refractivity contribution in [2.75, 3.05) is 0 Å². The predicted molar refractivity (Wildman–Crippen MR) is 216 cm³/mol. The molecule has 4 saturated carbocycles. The third-order valence-electron chi connectivity index (χ3n) is 12.6. The van der Waals surface area contributed by atoms with Crippen molar-refractivity contribution in [3.05, 3.63) is 174 Å². The van der Waals surface area contributed by atoms with Crippen LogP contribution in [-0.2, 0) is 10.8 Å². The molecule has 6 aromatic carbocycles. The van der Waals surface area contributed by atoms with E-state index in [1.165, 1.54) is 66.3 Å². The number of hydrogen-bond acceptors (Lipinski definition) is 4. The molecule has 2 atom stereocenters. The zero-order chi connectivity index (χ0) is 36.1. The average Bonchev–Trinajstić information content (AvgIpc) is 3.24. The molecule has 4 bridgehead atoms. The third kappa shape index (κ3) is 5.81. The van der Waals surface area contributed by atoms with Crippen molar-refractivity contribution < 1.29 is 0 Å². The number of benzene rings is 6. The predicted octanol–water partition coefficient (Wildman–Crippen LogP) is 11.9. The number of nitrogens with zero attached hydrogens (tertiary/aromatic N) is 4. The summed E-state index contributed by atoms with van der Waals surface area (Å²) in [6, 6.07) is 58.0. The van der Waals surface area contributed by atoms with Crippen LogP contribution in [0.4, 0.5) is 0 Å². The number of nitriles is 1. The molecule has 0 spiro atoms. The summed E-state index contributed by atoms with van der Waals surface area (Å²) in [6.45, 7) is 0. The summed E-state index contributed by atoms with van der Waals surface area (Å²) in [5.41, 5.74) is 11.8. The van der Waals surface area contributed by atoms with Crippen molar-refractivity contribution in [3.63, 3.8) is 0 Å². The van der Waals surface area contributed by atoms with Crippen LogP contribution in [0.1, 0.15) is 55.2 Å². The fraction of sp³-hybridized carbons (Fsp3) is 0.200. The summed E-state index contributed by atoms with van der Waals surface area (Å²) in [7, 11) is 0. The van der Waals surface area contributed by atoms with Gasteiger partial charge in [-0.1, -0.05) is 146 Å². The van der Waals surface area contributed by atoms with Crippen LogP contribution in [0.5, 0.6) is 0 Å². The second-order valence-corrected chi connectivity index (χ2v) is 16.0. The molecule has 7 aromatic rings. The first-order valence-corrected chi connectivity index (χ1v) is 19.2. The molecule has 0 N–H and O–H groups in total. The van der Waals surface area contributed by atoms with Crippen molar-refractivity contribution in [2.24, 2.45) is 11.8 Å². The second-order valence-electron chi connectivity index (χ2n) is 16.0. The van der Waals surface area contributed by atoms with E-state index < -0.39 is 0 Å². The molecule has 0 aliphatic heterocycles. The van der Waals surface area contributed by atoms with Gasteiger partial charge in [0, 0.05) is 16.7 Å². The maximum atomic E-state index is 9.41. The first kappa shape index (κ1) is 32.5. The lowest BCUT2D eigenvalue weighted by Crippen LogP contribution is -2.55. The molecule has 11 rings (SSSR count). The molecule has 0 radical (unpaired) electrons. The van der Waals surface area contributed by atoms with Gasteiger partial charge in [-0.25, -0.2) is 15.0 Å². The molecule has 1 aromatic heterocycles. The van der Waals surface area contributed by atoms with E-state index in [2.05, 4.69) is 84.9 Å². The van der Waals surface area contributed by atoms with Crippen LogP contribution in [-0.4, -0.2) is 15.0 Å². The fourth-order valence-electron chi connectivity index (χ4n) is 10.5. The zero-order valence-electron chi connectivity index (χ0n) is 30.2. The molecule has 260 valence electrons. The van der Waals surface area contributed by atoms with Gasteiger partial charge in [-0.05, 0) is 107 Å². The highest BCUT2D eigenvalue weighted by atomic mass is 15.0. The zero-order valence-corrected chi connectivity index (χ0v) is 30.2. The lowest BCUT2D eigenvalue weighted by molar-refractivity contribution is -0.0281. The van der Waals surface area contributed by atoms with Gasteiger partial charge in [-0.3, -0.25) is 0 Å². The SMILES string of the molecule is N#Cc1cccc(-c2ccc(C34CC5CC(CC(c6ccc(-c7ccc(-c8nc(-c9ccccc9)nc(-c9ccccc9)n8)cc7)cc6)(C5)C3)C4)cc2)c1. The van der Waals surface area contributed by atoms with Gasteiger partial charge in [-0.15, -0.1) is 0 Å². The maximum absolute atomic E-state index is 9.41. The lowest BCUT2D eigenvalue weighted by atomic mass is 9.41. The molecular formula is C50H40N4. The van der Waals surface area contributed by atoms with Gasteiger partial charge in [0.1, 0.15) is 0 Å². The minimum Gasteiger partial charge on any atom is -0.208 e. The molecule has 0 amide bonds. The van der Waals surface area contributed by atoms with Crippen molar-refractivity contribution in [2.45, 2.75) is 49.4 Å². The van der Waals surface area contributed by atoms with E-state index in [0.717, 1.165) is 34.1 Å². The Morgan fingerprint density at radius 2 is 0.815 bits per heavy atom. The first-order valence-electron chi connectivity index (χ1n) is 19.2. The Bertz CT molecular complexity index is 2430. The van der Waals surface area contributed by atoms with Crippen molar-refractivity contribution in [3.8, 4) is 62.5 Å². The molecule has 4 nitrogen and oxygen atoms in total. The Hall–Kier alpha value is -6.18. The van der Waals surface area contributed by atoms with Crippen LogP contribution in [0, 0.1) is 23.2 Å². The van der Waals surface area contributed by atoms with Gasteiger partial charge >= 0.3 is 0 Å². The number of hydrogen-bond donors (Lipinski definition) is 0. The van der Waals surface area contributed by atoms with E-state index in [1.807, 2.05) is 78.9 Å². The van der Waals surface area contributed by atoms with E-state index in [1.54, 1.807) is 0 Å². The fourth-order valence-corrected chi connectivity index (χ4v) is 10.5. The summed E-state index contributed by atoms with van der Waals surface area (Å²) in [6.07, 6.45) is 7.83. The quantitative estimate of drug-likeness (QED) is 0.166. The molecule has 1 heterocycles. The Balaban J connectivity index is 0.916. The van der Waals surface area contributed by atoms with Crippen LogP contribution in [0.3, 0.4) is 0 Å². The standard InChI is InChI=1S/C50H40N4/c51-32-34-8-7-13-43(27-34)39-20-24-45(25-21-39)50-30-35-26-36(31-50)29-49(28-35,33-50)44-22-18-38(19-23-44)37-14-16-42(17-15-37)48-53-46(40-9-3-1-4-10-40)52-47(54-48)41-11-5-2-6-12-41/h1-25,27,35-36H,26,28-31,33H2. The highest BCUT2D eigenvalue weighted by Crippen LogP contribution is 2.66. The van der Waals surface area contributed by atoms with Crippen LogP contribution in [0.15, 0.2) is 158 Å². The molecule has 54 heavy (non-hydrogen) atoms. The maximum Gasteiger partial charge on any atom is 0.164 e. The minimum absolute atomic E-state index is 0.234. The Morgan fingerprint density at radius 3 is 1.28 bits per heavy atom. The van der Waals surface area contributed by atoms with Crippen molar-refractivity contribution in [1.82, 2.24) is 15.0 Å². The van der Waals surface area contributed by atoms with Gasteiger partial charge in [0.15, 0.2) is 17.5 Å². The normalized spacial score (nSPS) is 22.5. The van der Waals surface area contributed by atoms with Gasteiger partial charge in [0.2, 0.25) is 0 Å². The molecule has 4 aliphatic carbocycles. The topological polar surface area (TPSA) is 62.5 Å². The third-order valence-corrected chi connectivity index (χ3v) is 12.6. The monoisotopic (exact) mass is 696 g/mol. The molecule has 4 fully saturated rings. The Morgan fingerprint density at radius 1 is 0.426 bits per heavy atom. The highest BCUT2D eigenvalue weighted by molar-refractivity contribution is 5.71. The highest BCUT2D eigenvalue weighted by Gasteiger charge is 2.58. The smallest absolute Gasteiger partial charge is 0.164 e. The van der Waals surface area contributed by atoms with Crippen LogP contribution >= 0.6 is 0 Å². The molecule has 2 unspecified atom stereocenters.